The molecule has 0 saturated heterocycles. The summed E-state index contributed by atoms with van der Waals surface area (Å²) in [4.78, 5) is 28.4. The van der Waals surface area contributed by atoms with E-state index in [0.29, 0.717) is 30.4 Å². The van der Waals surface area contributed by atoms with E-state index in [1.54, 1.807) is 28.3 Å². The van der Waals surface area contributed by atoms with Gasteiger partial charge in [0.05, 0.1) is 27.3 Å². The number of halogens is 3. The maximum atomic E-state index is 13.8. The topological polar surface area (TPSA) is 58.2 Å². The molecule has 0 spiro atoms. The number of carbonyl (C=O) groups is 1. The van der Waals surface area contributed by atoms with E-state index in [2.05, 4.69) is 34.5 Å². The molecule has 1 amide bonds. The van der Waals surface area contributed by atoms with Crippen molar-refractivity contribution in [2.45, 2.75) is 84.4 Å². The third kappa shape index (κ3) is 7.75. The van der Waals surface area contributed by atoms with Crippen molar-refractivity contribution in [3.63, 3.8) is 0 Å². The summed E-state index contributed by atoms with van der Waals surface area (Å²) in [6.45, 7) is 10.4. The Morgan fingerprint density at radius 2 is 1.93 bits per heavy atom. The number of hydrogen-bond donors (Lipinski definition) is 0. The Labute approximate surface area is 267 Å². The number of alkyl halides is 3. The highest BCUT2D eigenvalue weighted by molar-refractivity contribution is 7.11. The van der Waals surface area contributed by atoms with Gasteiger partial charge in [-0.15, -0.1) is 11.3 Å². The molecule has 0 N–H and O–H groups in total. The Morgan fingerprint density at radius 1 is 1.16 bits per heavy atom. The van der Waals surface area contributed by atoms with Crippen molar-refractivity contribution in [2.75, 3.05) is 0 Å². The Bertz CT molecular complexity index is 1630. The lowest BCUT2D eigenvalue weighted by molar-refractivity contribution is -0.469. The molecule has 5 rings (SSSR count). The van der Waals surface area contributed by atoms with E-state index in [1.165, 1.54) is 29.7 Å². The fourth-order valence-corrected chi connectivity index (χ4v) is 7.37. The zero-order valence-electron chi connectivity index (χ0n) is 26.1. The van der Waals surface area contributed by atoms with E-state index in [0.717, 1.165) is 70.9 Å². The molecule has 236 valence electrons. The van der Waals surface area contributed by atoms with Crippen LogP contribution in [0.3, 0.4) is 0 Å². The summed E-state index contributed by atoms with van der Waals surface area (Å²) >= 11 is 1.55. The first-order chi connectivity index (χ1) is 21.6. The Hall–Kier alpha value is -3.72. The van der Waals surface area contributed by atoms with E-state index < -0.39 is 11.7 Å². The van der Waals surface area contributed by atoms with Crippen LogP contribution in [0.4, 0.5) is 18.9 Å². The maximum Gasteiger partial charge on any atom is 0.438 e. The molecule has 3 atom stereocenters. The number of fused-ring (bicyclic) bond motifs is 1. The van der Waals surface area contributed by atoms with E-state index in [4.69, 9.17) is 0 Å². The second-order valence-corrected chi connectivity index (χ2v) is 13.1. The van der Waals surface area contributed by atoms with Gasteiger partial charge in [0, 0.05) is 26.3 Å². The number of aliphatic imine (C=N–C) groups is 1. The lowest BCUT2D eigenvalue weighted by atomic mass is 9.74. The summed E-state index contributed by atoms with van der Waals surface area (Å²) in [5, 5.41) is 0.934. The lowest BCUT2D eigenvalue weighted by Crippen LogP contribution is -2.25. The first-order valence-electron chi connectivity index (χ1n) is 15.7. The molecule has 3 aromatic rings. The van der Waals surface area contributed by atoms with Crippen LogP contribution in [-0.2, 0) is 25.4 Å². The van der Waals surface area contributed by atoms with Gasteiger partial charge in [-0.3, -0.25) is 4.99 Å². The lowest BCUT2D eigenvalue weighted by Gasteiger charge is -2.31. The molecule has 0 bridgehead atoms. The van der Waals surface area contributed by atoms with Gasteiger partial charge < -0.3 is 0 Å². The minimum atomic E-state index is -4.33. The fraction of sp³-hybridized carbons (Fsp3) is 0.417. The van der Waals surface area contributed by atoms with Crippen molar-refractivity contribution < 1.29 is 22.5 Å². The number of amides is 1. The normalized spacial score (nSPS) is 19.6. The van der Waals surface area contributed by atoms with Crippen molar-refractivity contribution in [2.24, 2.45) is 16.8 Å². The number of carbonyl (C=O) groups excluding carboxylic acids is 1. The highest BCUT2D eigenvalue weighted by atomic mass is 32.1. The third-order valence-corrected chi connectivity index (χ3v) is 10.3. The Kier molecular flexibility index (Phi) is 10.3. The van der Waals surface area contributed by atoms with Gasteiger partial charge in [0.1, 0.15) is 6.21 Å². The molecule has 9 heteroatoms. The molecule has 1 saturated carbocycles. The Morgan fingerprint density at radius 3 is 2.62 bits per heavy atom. The molecular formula is C36H40F3N4OS+. The van der Waals surface area contributed by atoms with Crippen LogP contribution in [0.5, 0.6) is 0 Å². The van der Waals surface area contributed by atoms with Crippen LogP contribution < -0.4 is 0 Å². The number of allylic oxidation sites excluding steroid dienone is 3. The van der Waals surface area contributed by atoms with Gasteiger partial charge in [0.2, 0.25) is 0 Å². The summed E-state index contributed by atoms with van der Waals surface area (Å²) in [5.74, 6) is 0.879. The van der Waals surface area contributed by atoms with Gasteiger partial charge in [0.15, 0.2) is 11.7 Å². The number of pyridine rings is 1. The van der Waals surface area contributed by atoms with Gasteiger partial charge in [-0.25, -0.2) is 14.8 Å². The molecule has 0 radical (unpaired) electrons. The molecule has 1 fully saturated rings. The quantitative estimate of drug-likeness (QED) is 0.134. The van der Waals surface area contributed by atoms with Crippen LogP contribution in [0.15, 0.2) is 71.5 Å². The summed E-state index contributed by atoms with van der Waals surface area (Å²) in [6, 6.07) is 6.98. The fourth-order valence-electron chi connectivity index (χ4n) is 6.36. The first kappa shape index (κ1) is 32.7. The van der Waals surface area contributed by atoms with Crippen molar-refractivity contribution in [1.82, 2.24) is 9.97 Å². The van der Waals surface area contributed by atoms with Crippen LogP contribution in [0.25, 0.3) is 0 Å². The molecule has 5 nitrogen and oxygen atoms in total. The van der Waals surface area contributed by atoms with Crippen molar-refractivity contribution in [3.8, 4) is 0 Å². The number of benzene rings is 1. The Balaban J connectivity index is 1.22. The second kappa shape index (κ2) is 14.1. The molecule has 3 unspecified atom stereocenters. The minimum absolute atomic E-state index is 0.180. The number of nitrogens with zero attached hydrogens (tertiary/aromatic N) is 4. The predicted molar refractivity (Wildman–Crippen MR) is 175 cm³/mol. The summed E-state index contributed by atoms with van der Waals surface area (Å²) in [5.41, 5.74) is 5.09. The molecule has 1 aliphatic heterocycles. The largest absolute Gasteiger partial charge is 0.438 e. The second-order valence-electron chi connectivity index (χ2n) is 12.0. The third-order valence-electron chi connectivity index (χ3n) is 9.10. The smallest absolute Gasteiger partial charge is 0.255 e. The van der Waals surface area contributed by atoms with Crippen molar-refractivity contribution in [3.05, 3.63) is 98.8 Å². The summed E-state index contributed by atoms with van der Waals surface area (Å²) in [7, 11) is 0. The van der Waals surface area contributed by atoms with Gasteiger partial charge in [-0.2, -0.15) is 17.7 Å². The van der Waals surface area contributed by atoms with Crippen LogP contribution in [0.1, 0.15) is 96.0 Å². The van der Waals surface area contributed by atoms with E-state index >= 15 is 0 Å². The average Bonchev–Trinajstić information content (AvgIpc) is 3.39. The zero-order valence-corrected chi connectivity index (χ0v) is 26.9. The van der Waals surface area contributed by atoms with Gasteiger partial charge in [-0.05, 0) is 98.6 Å². The van der Waals surface area contributed by atoms with Crippen molar-refractivity contribution in [1.29, 1.82) is 0 Å². The average molecular weight is 634 g/mol. The SMILES string of the molecule is C=C1CC(C2=CC=Nc3cnc(C(=O)[N+](=CC)C(C)c4cnc(CCCc5ccc(C(F)(F)F)cc5)s4)cc3C2)CCC1CC. The summed E-state index contributed by atoms with van der Waals surface area (Å²) < 4.78 is 40.2. The predicted octanol–water partition coefficient (Wildman–Crippen LogP) is 9.30. The van der Waals surface area contributed by atoms with Gasteiger partial charge >= 0.3 is 12.1 Å². The molecule has 2 aromatic heterocycles. The molecule has 45 heavy (non-hydrogen) atoms. The molecule has 1 aromatic carbocycles. The van der Waals surface area contributed by atoms with Crippen molar-refractivity contribution >= 4 is 35.4 Å². The number of hydrogen-bond acceptors (Lipinski definition) is 5. The number of rotatable bonds is 9. The van der Waals surface area contributed by atoms with Crippen LogP contribution in [0.2, 0.25) is 0 Å². The minimum Gasteiger partial charge on any atom is -0.255 e. The summed E-state index contributed by atoms with van der Waals surface area (Å²) in [6.07, 6.45) is 12.3. The van der Waals surface area contributed by atoms with Crippen LogP contribution in [0, 0.1) is 11.8 Å². The number of aromatic nitrogens is 2. The van der Waals surface area contributed by atoms with E-state index in [9.17, 15) is 18.0 Å². The monoisotopic (exact) mass is 633 g/mol. The van der Waals surface area contributed by atoms with Crippen LogP contribution in [-0.4, -0.2) is 32.9 Å². The molecular weight excluding hydrogens is 593 g/mol. The molecule has 3 heterocycles. The highest BCUT2D eigenvalue weighted by Crippen LogP contribution is 2.40. The molecule has 2 aliphatic rings. The first-order valence-corrected chi connectivity index (χ1v) is 16.5. The van der Waals surface area contributed by atoms with Crippen LogP contribution >= 0.6 is 11.3 Å². The standard InChI is InChI=1S/C36H40F3N4OS/c1-5-26-12-13-27(18-23(26)3)28-16-17-40-32-21-41-31(20-29(32)19-28)35(44)43(6-2)24(4)33-22-42-34(45-33)9-7-8-25-10-14-30(15-11-25)36(37,38)39/h6,10-11,14-17,20-22,24,26-27H,3,5,7-9,12-13,18-19H2,1-2,4H3/q+1. The van der Waals surface area contributed by atoms with E-state index in [-0.39, 0.29) is 11.9 Å². The van der Waals surface area contributed by atoms with E-state index in [1.807, 2.05) is 32.3 Å². The number of thiazole rings is 1. The zero-order chi connectivity index (χ0) is 32.1. The number of aryl methyl sites for hydroxylation is 2. The molecule has 1 aliphatic carbocycles. The van der Waals surface area contributed by atoms with Gasteiger partial charge in [0.25, 0.3) is 0 Å². The maximum absolute atomic E-state index is 13.8. The van der Waals surface area contributed by atoms with Gasteiger partial charge in [-0.1, -0.05) is 36.8 Å². The highest BCUT2D eigenvalue weighted by Gasteiger charge is 2.32.